The van der Waals surface area contributed by atoms with E-state index in [2.05, 4.69) is 10.5 Å². The number of amides is 1. The Morgan fingerprint density at radius 1 is 1.04 bits per heavy atom. The van der Waals surface area contributed by atoms with E-state index < -0.39 is 17.9 Å². The molecule has 2 N–H and O–H groups in total. The fraction of sp³-hybridized carbons (Fsp3) is 0.286. The number of aromatic nitrogens is 2. The number of nitrogens with one attached hydrogen (secondary N) is 1. The summed E-state index contributed by atoms with van der Waals surface area (Å²) in [5.74, 6) is -0.324. The van der Waals surface area contributed by atoms with Gasteiger partial charge in [-0.15, -0.1) is 0 Å². The van der Waals surface area contributed by atoms with Gasteiger partial charge in [0, 0.05) is 17.5 Å². The van der Waals surface area contributed by atoms with Crippen LogP contribution in [0.5, 0.6) is 0 Å². The van der Waals surface area contributed by atoms with Crippen LogP contribution in [-0.4, -0.2) is 26.7 Å². The fourth-order valence-electron chi connectivity index (χ4n) is 3.48. The lowest BCUT2D eigenvalue weighted by molar-refractivity contribution is -0.139. The molecule has 7 nitrogen and oxygen atoms in total. The first-order valence-electron chi connectivity index (χ1n) is 8.92. The Morgan fingerprint density at radius 2 is 1.68 bits per heavy atom. The lowest BCUT2D eigenvalue weighted by Crippen LogP contribution is -2.34. The van der Waals surface area contributed by atoms with Gasteiger partial charge in [-0.25, -0.2) is 4.79 Å². The van der Waals surface area contributed by atoms with Gasteiger partial charge in [-0.05, 0) is 46.2 Å². The number of carbonyl (C=O) groups is 2. The van der Waals surface area contributed by atoms with Crippen LogP contribution < -0.4 is 5.32 Å². The minimum Gasteiger partial charge on any atom is -0.479 e. The Balaban J connectivity index is 1.94. The fourth-order valence-corrected chi connectivity index (χ4v) is 3.48. The standard InChI is InChI=1S/C21H23N3O4/c1-11-6-12(2)8-16(7-11)19(21(26)27)22-20(25)17-9-13(3)24(15(17)5)18-10-14(4)28-23-18/h6-10,19H,1-5H3,(H,22,25)(H,26,27). The van der Waals surface area contributed by atoms with Crippen molar-refractivity contribution in [2.45, 2.75) is 40.7 Å². The highest BCUT2D eigenvalue weighted by molar-refractivity contribution is 5.98. The number of hydrogen-bond donors (Lipinski definition) is 2. The molecule has 0 bridgehead atoms. The average molecular weight is 381 g/mol. The summed E-state index contributed by atoms with van der Waals surface area (Å²) in [6.45, 7) is 9.22. The highest BCUT2D eigenvalue weighted by Gasteiger charge is 2.26. The van der Waals surface area contributed by atoms with Crippen molar-refractivity contribution < 1.29 is 19.2 Å². The summed E-state index contributed by atoms with van der Waals surface area (Å²) >= 11 is 0. The van der Waals surface area contributed by atoms with Gasteiger partial charge in [-0.2, -0.15) is 0 Å². The van der Waals surface area contributed by atoms with Crippen molar-refractivity contribution in [1.82, 2.24) is 15.0 Å². The largest absolute Gasteiger partial charge is 0.479 e. The molecular weight excluding hydrogens is 358 g/mol. The van der Waals surface area contributed by atoms with Gasteiger partial charge >= 0.3 is 5.97 Å². The number of carboxylic acids is 1. The van der Waals surface area contributed by atoms with Gasteiger partial charge in [0.2, 0.25) is 0 Å². The lowest BCUT2D eigenvalue weighted by Gasteiger charge is -2.16. The molecule has 3 aromatic rings. The summed E-state index contributed by atoms with van der Waals surface area (Å²) in [4.78, 5) is 24.7. The molecule has 28 heavy (non-hydrogen) atoms. The maximum atomic E-state index is 12.9. The van der Waals surface area contributed by atoms with Gasteiger partial charge in [0.15, 0.2) is 11.9 Å². The van der Waals surface area contributed by atoms with Crippen LogP contribution in [0.1, 0.15) is 50.2 Å². The molecule has 1 aromatic carbocycles. The topological polar surface area (TPSA) is 97.4 Å². The SMILES string of the molecule is Cc1cc(C)cc(C(NC(=O)c2cc(C)n(-c3cc(C)on3)c2C)C(=O)O)c1. The van der Waals surface area contributed by atoms with E-state index in [1.54, 1.807) is 42.7 Å². The minimum absolute atomic E-state index is 0.397. The Labute approximate surface area is 163 Å². The van der Waals surface area contributed by atoms with Crippen molar-refractivity contribution in [1.29, 1.82) is 0 Å². The second-order valence-corrected chi connectivity index (χ2v) is 7.08. The summed E-state index contributed by atoms with van der Waals surface area (Å²) in [5.41, 5.74) is 4.28. The Kier molecular flexibility index (Phi) is 5.09. The molecule has 146 valence electrons. The number of carbonyl (C=O) groups excluding carboxylic acids is 1. The van der Waals surface area contributed by atoms with E-state index in [9.17, 15) is 14.7 Å². The van der Waals surface area contributed by atoms with E-state index in [1.165, 1.54) is 0 Å². The van der Waals surface area contributed by atoms with Crippen molar-refractivity contribution in [2.24, 2.45) is 0 Å². The van der Waals surface area contributed by atoms with Crippen molar-refractivity contribution in [3.63, 3.8) is 0 Å². The van der Waals surface area contributed by atoms with Crippen molar-refractivity contribution in [3.05, 3.63) is 69.7 Å². The zero-order valence-corrected chi connectivity index (χ0v) is 16.5. The lowest BCUT2D eigenvalue weighted by atomic mass is 10.0. The van der Waals surface area contributed by atoms with E-state index in [0.717, 1.165) is 16.8 Å². The first kappa shape index (κ1) is 19.4. The van der Waals surface area contributed by atoms with Crippen molar-refractivity contribution in [3.8, 4) is 5.82 Å². The van der Waals surface area contributed by atoms with Crippen molar-refractivity contribution in [2.75, 3.05) is 0 Å². The molecule has 1 unspecified atom stereocenters. The maximum absolute atomic E-state index is 12.9. The smallest absolute Gasteiger partial charge is 0.330 e. The normalized spacial score (nSPS) is 12.0. The van der Waals surface area contributed by atoms with Crippen LogP contribution in [0.25, 0.3) is 5.82 Å². The Bertz CT molecular complexity index is 1040. The molecule has 1 atom stereocenters. The van der Waals surface area contributed by atoms with Crippen LogP contribution in [0, 0.1) is 34.6 Å². The molecular formula is C21H23N3O4. The molecule has 0 spiro atoms. The predicted octanol–water partition coefficient (Wildman–Crippen LogP) is 3.56. The number of hydrogen-bond acceptors (Lipinski definition) is 4. The molecule has 3 rings (SSSR count). The van der Waals surface area contributed by atoms with Gasteiger partial charge in [0.25, 0.3) is 5.91 Å². The van der Waals surface area contributed by atoms with Crippen LogP contribution in [0.2, 0.25) is 0 Å². The third-order valence-corrected chi connectivity index (χ3v) is 4.62. The molecule has 2 aromatic heterocycles. The number of carboxylic acid groups (broad SMARTS) is 1. The quantitative estimate of drug-likeness (QED) is 0.704. The zero-order chi connectivity index (χ0) is 20.6. The maximum Gasteiger partial charge on any atom is 0.330 e. The number of nitrogens with zero attached hydrogens (tertiary/aromatic N) is 2. The first-order valence-corrected chi connectivity index (χ1v) is 8.92. The highest BCUT2D eigenvalue weighted by Crippen LogP contribution is 2.23. The average Bonchev–Trinajstić information content (AvgIpc) is 3.14. The number of benzene rings is 1. The van der Waals surface area contributed by atoms with Crippen LogP contribution in [0.3, 0.4) is 0 Å². The summed E-state index contributed by atoms with van der Waals surface area (Å²) in [5, 5.41) is 16.3. The molecule has 0 saturated heterocycles. The minimum atomic E-state index is -1.14. The van der Waals surface area contributed by atoms with Crippen LogP contribution in [0.15, 0.2) is 34.9 Å². The number of aliphatic carboxylic acids is 1. The monoisotopic (exact) mass is 381 g/mol. The van der Waals surface area contributed by atoms with Crippen LogP contribution in [-0.2, 0) is 4.79 Å². The summed E-state index contributed by atoms with van der Waals surface area (Å²) in [6.07, 6.45) is 0. The van der Waals surface area contributed by atoms with Gasteiger partial charge in [-0.3, -0.25) is 9.36 Å². The number of aryl methyl sites for hydroxylation is 4. The summed E-state index contributed by atoms with van der Waals surface area (Å²) in [7, 11) is 0. The summed E-state index contributed by atoms with van der Waals surface area (Å²) in [6, 6.07) is 7.86. The molecule has 1 amide bonds. The first-order chi connectivity index (χ1) is 13.2. The summed E-state index contributed by atoms with van der Waals surface area (Å²) < 4.78 is 6.93. The molecule has 0 fully saturated rings. The molecule has 0 saturated carbocycles. The second kappa shape index (κ2) is 7.34. The second-order valence-electron chi connectivity index (χ2n) is 7.08. The Morgan fingerprint density at radius 3 is 2.21 bits per heavy atom. The predicted molar refractivity (Wildman–Crippen MR) is 104 cm³/mol. The molecule has 0 aliphatic heterocycles. The third-order valence-electron chi connectivity index (χ3n) is 4.62. The zero-order valence-electron chi connectivity index (χ0n) is 16.5. The molecule has 2 heterocycles. The van der Waals surface area contributed by atoms with Crippen LogP contribution >= 0.6 is 0 Å². The van der Waals surface area contributed by atoms with Gasteiger partial charge in [0.05, 0.1) is 5.56 Å². The number of rotatable bonds is 5. The van der Waals surface area contributed by atoms with Crippen molar-refractivity contribution >= 4 is 11.9 Å². The van der Waals surface area contributed by atoms with Gasteiger partial charge in [-0.1, -0.05) is 34.5 Å². The third kappa shape index (κ3) is 3.69. The molecule has 0 aliphatic carbocycles. The Hall–Kier alpha value is -3.35. The van der Waals surface area contributed by atoms with E-state index in [4.69, 9.17) is 4.52 Å². The van der Waals surface area contributed by atoms with E-state index in [0.29, 0.717) is 28.4 Å². The van der Waals surface area contributed by atoms with E-state index in [1.807, 2.05) is 26.8 Å². The highest BCUT2D eigenvalue weighted by atomic mass is 16.5. The van der Waals surface area contributed by atoms with Crippen LogP contribution in [0.4, 0.5) is 0 Å². The molecule has 7 heteroatoms. The van der Waals surface area contributed by atoms with Gasteiger partial charge in [0.1, 0.15) is 5.76 Å². The van der Waals surface area contributed by atoms with E-state index in [-0.39, 0.29) is 0 Å². The van der Waals surface area contributed by atoms with E-state index >= 15 is 0 Å². The van der Waals surface area contributed by atoms with Gasteiger partial charge < -0.3 is 14.9 Å². The molecule has 0 aliphatic rings. The molecule has 0 radical (unpaired) electrons.